The fraction of sp³-hybridized carbons (Fsp3) is 0.333. The third-order valence-electron chi connectivity index (χ3n) is 2.73. The summed E-state index contributed by atoms with van der Waals surface area (Å²) in [7, 11) is 0. The minimum atomic E-state index is -1.73. The number of aromatic nitrogens is 2. The number of alkyl halides is 3. The molecule has 0 bridgehead atoms. The van der Waals surface area contributed by atoms with Crippen LogP contribution in [0.4, 0.5) is 0 Å². The summed E-state index contributed by atoms with van der Waals surface area (Å²) < 4.78 is 14.0. The zero-order chi connectivity index (χ0) is 14.2. The normalized spacial score (nSPS) is 16.8. The average molecular weight is 336 g/mol. The lowest BCUT2D eigenvalue weighted by Crippen LogP contribution is -2.00. The standard InChI is InChI=1S/C12H9Cl3N2O3/c13-12(14,15)11-16-9(17-20-11)7-1-3-8(4-2-7)10-18-5-6-19-10/h1-4,10H,5-6H2. The maximum Gasteiger partial charge on any atom is 0.279 e. The molecule has 0 amide bonds. The van der Waals surface area contributed by atoms with Gasteiger partial charge in [-0.05, 0) is 0 Å². The number of hydrogen-bond acceptors (Lipinski definition) is 5. The van der Waals surface area contributed by atoms with Crippen molar-refractivity contribution in [3.8, 4) is 11.4 Å². The molecule has 0 aliphatic carbocycles. The molecule has 0 unspecified atom stereocenters. The Morgan fingerprint density at radius 1 is 1.05 bits per heavy atom. The van der Waals surface area contributed by atoms with Gasteiger partial charge in [-0.25, -0.2) is 0 Å². The van der Waals surface area contributed by atoms with E-state index in [0.717, 1.165) is 11.1 Å². The van der Waals surface area contributed by atoms with Crippen molar-refractivity contribution in [2.24, 2.45) is 0 Å². The van der Waals surface area contributed by atoms with Crippen molar-refractivity contribution in [2.45, 2.75) is 10.1 Å². The number of nitrogens with zero attached hydrogens (tertiary/aromatic N) is 2. The van der Waals surface area contributed by atoms with Gasteiger partial charge in [-0.2, -0.15) is 4.98 Å². The van der Waals surface area contributed by atoms with Crippen LogP contribution >= 0.6 is 34.8 Å². The fourth-order valence-electron chi connectivity index (χ4n) is 1.80. The minimum absolute atomic E-state index is 0.0657. The van der Waals surface area contributed by atoms with Crippen LogP contribution in [0.3, 0.4) is 0 Å². The smallest absolute Gasteiger partial charge is 0.279 e. The van der Waals surface area contributed by atoms with Gasteiger partial charge < -0.3 is 14.0 Å². The van der Waals surface area contributed by atoms with E-state index in [0.29, 0.717) is 19.0 Å². The fourth-order valence-corrected chi connectivity index (χ4v) is 2.03. The third kappa shape index (κ3) is 2.92. The summed E-state index contributed by atoms with van der Waals surface area (Å²) in [6, 6.07) is 7.40. The van der Waals surface area contributed by atoms with E-state index in [4.69, 9.17) is 48.8 Å². The van der Waals surface area contributed by atoms with Crippen molar-refractivity contribution < 1.29 is 14.0 Å². The van der Waals surface area contributed by atoms with Gasteiger partial charge in [-0.3, -0.25) is 0 Å². The third-order valence-corrected chi connectivity index (χ3v) is 3.22. The molecule has 1 aromatic carbocycles. The first-order chi connectivity index (χ1) is 9.54. The Morgan fingerprint density at radius 3 is 2.25 bits per heavy atom. The summed E-state index contributed by atoms with van der Waals surface area (Å²) in [6.45, 7) is 1.20. The second-order valence-corrected chi connectivity index (χ2v) is 6.40. The van der Waals surface area contributed by atoms with Crippen LogP contribution in [-0.2, 0) is 13.3 Å². The number of rotatable bonds is 2. The summed E-state index contributed by atoms with van der Waals surface area (Å²) in [5, 5.41) is 3.78. The van der Waals surface area contributed by atoms with Crippen LogP contribution in [-0.4, -0.2) is 23.4 Å². The molecule has 5 nitrogen and oxygen atoms in total. The van der Waals surface area contributed by atoms with Crippen LogP contribution in [0.25, 0.3) is 11.4 Å². The lowest BCUT2D eigenvalue weighted by molar-refractivity contribution is -0.0441. The molecule has 0 radical (unpaired) electrons. The molecule has 106 valence electrons. The molecule has 2 aromatic rings. The van der Waals surface area contributed by atoms with Crippen LogP contribution in [0.5, 0.6) is 0 Å². The van der Waals surface area contributed by atoms with E-state index >= 15 is 0 Å². The van der Waals surface area contributed by atoms with E-state index < -0.39 is 3.79 Å². The molecule has 1 aliphatic rings. The Balaban J connectivity index is 1.82. The van der Waals surface area contributed by atoms with E-state index in [9.17, 15) is 0 Å². The van der Waals surface area contributed by atoms with Crippen LogP contribution < -0.4 is 0 Å². The van der Waals surface area contributed by atoms with Crippen molar-refractivity contribution in [1.82, 2.24) is 10.1 Å². The summed E-state index contributed by atoms with van der Waals surface area (Å²) in [4.78, 5) is 4.04. The monoisotopic (exact) mass is 334 g/mol. The van der Waals surface area contributed by atoms with E-state index in [1.54, 1.807) is 0 Å². The molecule has 0 atom stereocenters. The van der Waals surface area contributed by atoms with Gasteiger partial charge in [0.2, 0.25) is 5.82 Å². The van der Waals surface area contributed by atoms with E-state index in [-0.39, 0.29) is 12.2 Å². The summed E-state index contributed by atoms with van der Waals surface area (Å²) in [5.41, 5.74) is 1.67. The molecule has 1 aromatic heterocycles. The minimum Gasteiger partial charge on any atom is -0.346 e. The molecule has 20 heavy (non-hydrogen) atoms. The second-order valence-electron chi connectivity index (χ2n) is 4.12. The summed E-state index contributed by atoms with van der Waals surface area (Å²) in [6.07, 6.45) is -0.314. The molecular weight excluding hydrogens is 327 g/mol. The topological polar surface area (TPSA) is 57.4 Å². The van der Waals surface area contributed by atoms with Gasteiger partial charge in [-0.15, -0.1) is 0 Å². The number of halogens is 3. The highest BCUT2D eigenvalue weighted by molar-refractivity contribution is 6.66. The molecule has 0 N–H and O–H groups in total. The van der Waals surface area contributed by atoms with Gasteiger partial charge in [0.05, 0.1) is 13.2 Å². The number of hydrogen-bond donors (Lipinski definition) is 0. The maximum atomic E-state index is 5.67. The Bertz CT molecular complexity index is 589. The SMILES string of the molecule is ClC(Cl)(Cl)c1nc(-c2ccc(C3OCCO3)cc2)no1. The van der Waals surface area contributed by atoms with Gasteiger partial charge in [0, 0.05) is 11.1 Å². The quantitative estimate of drug-likeness (QED) is 0.785. The van der Waals surface area contributed by atoms with Gasteiger partial charge in [0.25, 0.3) is 9.68 Å². The van der Waals surface area contributed by atoms with E-state index in [1.807, 2.05) is 24.3 Å². The Labute approximate surface area is 129 Å². The molecule has 1 saturated heterocycles. The maximum absolute atomic E-state index is 5.67. The van der Waals surface area contributed by atoms with Crippen LogP contribution in [0.2, 0.25) is 0 Å². The summed E-state index contributed by atoms with van der Waals surface area (Å²) >= 11 is 17.0. The molecule has 1 aliphatic heterocycles. The predicted octanol–water partition coefficient (Wildman–Crippen LogP) is 3.61. The van der Waals surface area contributed by atoms with Crippen molar-refractivity contribution in [3.63, 3.8) is 0 Å². The number of ether oxygens (including phenoxy) is 2. The van der Waals surface area contributed by atoms with Crippen molar-refractivity contribution >= 4 is 34.8 Å². The molecule has 2 heterocycles. The average Bonchev–Trinajstić information content (AvgIpc) is 3.10. The van der Waals surface area contributed by atoms with Crippen molar-refractivity contribution in [2.75, 3.05) is 13.2 Å². The van der Waals surface area contributed by atoms with Crippen molar-refractivity contribution in [1.29, 1.82) is 0 Å². The molecule has 8 heteroatoms. The van der Waals surface area contributed by atoms with Crippen LogP contribution in [0.15, 0.2) is 28.8 Å². The van der Waals surface area contributed by atoms with Crippen LogP contribution in [0.1, 0.15) is 17.7 Å². The molecule has 3 rings (SSSR count). The first-order valence-electron chi connectivity index (χ1n) is 5.78. The zero-order valence-electron chi connectivity index (χ0n) is 10.1. The van der Waals surface area contributed by atoms with Gasteiger partial charge in [0.1, 0.15) is 0 Å². The Morgan fingerprint density at radius 2 is 1.70 bits per heavy atom. The van der Waals surface area contributed by atoms with E-state index in [2.05, 4.69) is 10.1 Å². The van der Waals surface area contributed by atoms with Gasteiger partial charge in [0.15, 0.2) is 6.29 Å². The van der Waals surface area contributed by atoms with Crippen molar-refractivity contribution in [3.05, 3.63) is 35.7 Å². The van der Waals surface area contributed by atoms with E-state index in [1.165, 1.54) is 0 Å². The molecule has 1 fully saturated rings. The lowest BCUT2D eigenvalue weighted by atomic mass is 10.1. The highest BCUT2D eigenvalue weighted by atomic mass is 35.6. The highest BCUT2D eigenvalue weighted by Gasteiger charge is 2.30. The zero-order valence-corrected chi connectivity index (χ0v) is 12.3. The molecule has 0 spiro atoms. The largest absolute Gasteiger partial charge is 0.346 e. The second kappa shape index (κ2) is 5.50. The Hall–Kier alpha value is -0.850. The summed E-state index contributed by atoms with van der Waals surface area (Å²) in [5.74, 6) is 0.287. The number of benzene rings is 1. The Kier molecular flexibility index (Phi) is 3.88. The predicted molar refractivity (Wildman–Crippen MR) is 73.6 cm³/mol. The highest BCUT2D eigenvalue weighted by Crippen LogP contribution is 2.37. The first kappa shape index (κ1) is 14.1. The lowest BCUT2D eigenvalue weighted by Gasteiger charge is -2.08. The molecular formula is C12H9Cl3N2O3. The first-order valence-corrected chi connectivity index (χ1v) is 6.92. The van der Waals surface area contributed by atoms with Gasteiger partial charge in [-0.1, -0.05) is 64.2 Å². The molecule has 0 saturated carbocycles. The van der Waals surface area contributed by atoms with Crippen LogP contribution in [0, 0.1) is 0 Å². The van der Waals surface area contributed by atoms with Gasteiger partial charge >= 0.3 is 0 Å².